The Hall–Kier alpha value is -2.24. The third-order valence-electron chi connectivity index (χ3n) is 6.30. The molecule has 1 aromatic carbocycles. The predicted molar refractivity (Wildman–Crippen MR) is 97.2 cm³/mol. The molecule has 0 saturated carbocycles. The molecule has 6 heteroatoms. The van der Waals surface area contributed by atoms with E-state index in [0.717, 1.165) is 18.4 Å². The second kappa shape index (κ2) is 7.06. The summed E-state index contributed by atoms with van der Waals surface area (Å²) in [5, 5.41) is 0. The molecule has 27 heavy (non-hydrogen) atoms. The van der Waals surface area contributed by atoms with Crippen LogP contribution in [0, 0.1) is 12.7 Å². The van der Waals surface area contributed by atoms with E-state index < -0.39 is 0 Å². The monoisotopic (exact) mass is 372 g/mol. The first-order valence-electron chi connectivity index (χ1n) is 9.85. The molecule has 4 rings (SSSR count). The van der Waals surface area contributed by atoms with Crippen LogP contribution in [0.3, 0.4) is 0 Å². The van der Waals surface area contributed by atoms with Crippen LogP contribution in [0.2, 0.25) is 0 Å². The minimum atomic E-state index is -0.226. The van der Waals surface area contributed by atoms with Gasteiger partial charge in [0.1, 0.15) is 5.82 Å². The fourth-order valence-electron chi connectivity index (χ4n) is 5.01. The fourth-order valence-corrected chi connectivity index (χ4v) is 5.01. The highest BCUT2D eigenvalue weighted by molar-refractivity contribution is 6.02. The van der Waals surface area contributed by atoms with Crippen molar-refractivity contribution in [3.63, 3.8) is 0 Å². The van der Waals surface area contributed by atoms with Crippen molar-refractivity contribution in [3.05, 3.63) is 35.1 Å². The number of fused-ring (bicyclic) bond motifs is 2. The van der Waals surface area contributed by atoms with Gasteiger partial charge in [0.05, 0.1) is 0 Å². The van der Waals surface area contributed by atoms with Gasteiger partial charge in [-0.25, -0.2) is 4.39 Å². The van der Waals surface area contributed by atoms with E-state index in [4.69, 9.17) is 0 Å². The van der Waals surface area contributed by atoms with E-state index in [1.54, 1.807) is 19.1 Å². The average molecular weight is 372 g/mol. The molecular formula is C21H25FN2O3. The smallest absolute Gasteiger partial charge is 0.229 e. The van der Waals surface area contributed by atoms with Gasteiger partial charge in [0, 0.05) is 37.4 Å². The third kappa shape index (κ3) is 3.37. The van der Waals surface area contributed by atoms with E-state index in [0.29, 0.717) is 44.1 Å². The lowest BCUT2D eigenvalue weighted by Gasteiger charge is -2.41. The van der Waals surface area contributed by atoms with Crippen molar-refractivity contribution >= 4 is 17.7 Å². The normalized spacial score (nSPS) is 27.6. The summed E-state index contributed by atoms with van der Waals surface area (Å²) >= 11 is 0. The topological polar surface area (TPSA) is 57.7 Å². The molecule has 3 amide bonds. The number of aryl methyl sites for hydroxylation is 2. The molecule has 0 aromatic heterocycles. The maximum atomic E-state index is 13.4. The molecule has 0 aliphatic carbocycles. The van der Waals surface area contributed by atoms with Gasteiger partial charge in [-0.05, 0) is 56.2 Å². The first-order chi connectivity index (χ1) is 12.9. The minimum absolute atomic E-state index is 0.0474. The van der Waals surface area contributed by atoms with Crippen LogP contribution < -0.4 is 0 Å². The summed E-state index contributed by atoms with van der Waals surface area (Å²) in [5.41, 5.74) is 1.57. The number of imide groups is 1. The Morgan fingerprint density at radius 3 is 2.30 bits per heavy atom. The quantitative estimate of drug-likeness (QED) is 0.764. The van der Waals surface area contributed by atoms with Gasteiger partial charge in [0.15, 0.2) is 0 Å². The number of carbonyl (C=O) groups is 3. The maximum absolute atomic E-state index is 13.4. The lowest BCUT2D eigenvalue weighted by Crippen LogP contribution is -2.53. The number of rotatable bonds is 4. The summed E-state index contributed by atoms with van der Waals surface area (Å²) in [7, 11) is 0. The second-order valence-corrected chi connectivity index (χ2v) is 8.05. The van der Waals surface area contributed by atoms with Gasteiger partial charge < -0.3 is 4.90 Å². The van der Waals surface area contributed by atoms with Gasteiger partial charge in [0.25, 0.3) is 0 Å². The Balaban J connectivity index is 1.39. The van der Waals surface area contributed by atoms with Crippen LogP contribution in [-0.4, -0.2) is 45.6 Å². The Kier molecular flexibility index (Phi) is 4.74. The fraction of sp³-hybridized carbons (Fsp3) is 0.571. The molecule has 0 spiro atoms. The van der Waals surface area contributed by atoms with Gasteiger partial charge in [-0.15, -0.1) is 0 Å². The van der Waals surface area contributed by atoms with Crippen LogP contribution in [0.15, 0.2) is 18.2 Å². The zero-order valence-electron chi connectivity index (χ0n) is 15.6. The van der Waals surface area contributed by atoms with Crippen molar-refractivity contribution in [1.29, 1.82) is 0 Å². The molecule has 3 aliphatic heterocycles. The molecule has 2 bridgehead atoms. The number of hydrogen-bond donors (Lipinski definition) is 0. The van der Waals surface area contributed by atoms with E-state index >= 15 is 0 Å². The second-order valence-electron chi connectivity index (χ2n) is 8.05. The van der Waals surface area contributed by atoms with Crippen LogP contribution in [-0.2, 0) is 20.8 Å². The highest BCUT2D eigenvalue weighted by Crippen LogP contribution is 2.39. The summed E-state index contributed by atoms with van der Waals surface area (Å²) in [5.74, 6) is -0.218. The number of hydrogen-bond acceptors (Lipinski definition) is 3. The molecule has 0 N–H and O–H groups in total. The number of halogens is 1. The van der Waals surface area contributed by atoms with E-state index in [1.165, 1.54) is 11.0 Å². The molecule has 3 aliphatic rings. The third-order valence-corrected chi connectivity index (χ3v) is 6.30. The van der Waals surface area contributed by atoms with E-state index in [2.05, 4.69) is 0 Å². The highest BCUT2D eigenvalue weighted by Gasteiger charge is 2.47. The first-order valence-corrected chi connectivity index (χ1v) is 9.85. The van der Waals surface area contributed by atoms with E-state index in [1.807, 2.05) is 4.90 Å². The zero-order chi connectivity index (χ0) is 19.1. The number of piperidine rings is 1. The Labute approximate surface area is 158 Å². The van der Waals surface area contributed by atoms with Crippen molar-refractivity contribution in [2.75, 3.05) is 0 Å². The number of carbonyl (C=O) groups excluding carboxylic acids is 3. The van der Waals surface area contributed by atoms with E-state index in [9.17, 15) is 18.8 Å². The Bertz CT molecular complexity index is 764. The van der Waals surface area contributed by atoms with Gasteiger partial charge in [-0.3, -0.25) is 19.3 Å². The minimum Gasteiger partial charge on any atom is -0.337 e. The van der Waals surface area contributed by atoms with Crippen LogP contribution in [0.25, 0.3) is 0 Å². The predicted octanol–water partition coefficient (Wildman–Crippen LogP) is 2.74. The SMILES string of the molecule is Cc1cc(CCC(=O)N2C3CCC2CC(N2C(=O)CCC2=O)C3)ccc1F. The number of likely N-dealkylation sites (tertiary alicyclic amines) is 1. The summed E-state index contributed by atoms with van der Waals surface area (Å²) in [4.78, 5) is 40.4. The van der Waals surface area contributed by atoms with Crippen LogP contribution in [0.5, 0.6) is 0 Å². The molecule has 0 radical (unpaired) electrons. The number of amides is 3. The summed E-state index contributed by atoms with van der Waals surface area (Å²) in [6.07, 6.45) is 4.95. The van der Waals surface area contributed by atoms with Gasteiger partial charge >= 0.3 is 0 Å². The Morgan fingerprint density at radius 1 is 1.07 bits per heavy atom. The summed E-state index contributed by atoms with van der Waals surface area (Å²) < 4.78 is 13.4. The first kappa shape index (κ1) is 18.1. The summed E-state index contributed by atoms with van der Waals surface area (Å²) in [6, 6.07) is 5.19. The maximum Gasteiger partial charge on any atom is 0.229 e. The van der Waals surface area contributed by atoms with Crippen molar-refractivity contribution in [3.8, 4) is 0 Å². The molecule has 3 saturated heterocycles. The zero-order valence-corrected chi connectivity index (χ0v) is 15.6. The van der Waals surface area contributed by atoms with Gasteiger partial charge in [0.2, 0.25) is 17.7 Å². The highest BCUT2D eigenvalue weighted by atomic mass is 19.1. The van der Waals surface area contributed by atoms with Crippen molar-refractivity contribution in [2.24, 2.45) is 0 Å². The van der Waals surface area contributed by atoms with Gasteiger partial charge in [-0.1, -0.05) is 12.1 Å². The molecular weight excluding hydrogens is 347 g/mol. The standard InChI is InChI=1S/C21H25FN2O3/c1-13-10-14(2-6-18(13)22)3-7-19(25)23-15-4-5-16(23)12-17(11-15)24-20(26)8-9-21(24)27/h2,6,10,15-17H,3-5,7-9,11-12H2,1H3. The molecule has 2 atom stereocenters. The number of nitrogens with zero attached hydrogens (tertiary/aromatic N) is 2. The summed E-state index contributed by atoms with van der Waals surface area (Å²) in [6.45, 7) is 1.73. The van der Waals surface area contributed by atoms with Crippen LogP contribution >= 0.6 is 0 Å². The molecule has 2 unspecified atom stereocenters. The molecule has 3 fully saturated rings. The van der Waals surface area contributed by atoms with Crippen molar-refractivity contribution < 1.29 is 18.8 Å². The lowest BCUT2D eigenvalue weighted by molar-refractivity contribution is -0.144. The van der Waals surface area contributed by atoms with E-state index in [-0.39, 0.29) is 41.7 Å². The van der Waals surface area contributed by atoms with Gasteiger partial charge in [-0.2, -0.15) is 0 Å². The van der Waals surface area contributed by atoms with Crippen LogP contribution in [0.4, 0.5) is 4.39 Å². The molecule has 1 aromatic rings. The van der Waals surface area contributed by atoms with Crippen LogP contribution in [0.1, 0.15) is 56.1 Å². The Morgan fingerprint density at radius 2 is 1.70 bits per heavy atom. The molecule has 144 valence electrons. The molecule has 5 nitrogen and oxygen atoms in total. The lowest BCUT2D eigenvalue weighted by atomic mass is 9.95. The average Bonchev–Trinajstić information content (AvgIpc) is 3.11. The largest absolute Gasteiger partial charge is 0.337 e. The molecule has 3 heterocycles. The van der Waals surface area contributed by atoms with Crippen molar-refractivity contribution in [2.45, 2.75) is 76.4 Å². The van der Waals surface area contributed by atoms with Crippen molar-refractivity contribution in [1.82, 2.24) is 9.80 Å². The number of benzene rings is 1.